The van der Waals surface area contributed by atoms with Crippen LogP contribution in [0.2, 0.25) is 0 Å². The van der Waals surface area contributed by atoms with E-state index in [1.807, 2.05) is 30.5 Å². The zero-order valence-electron chi connectivity index (χ0n) is 20.6. The number of hydrogen-bond donors (Lipinski definition) is 3. The van der Waals surface area contributed by atoms with Crippen LogP contribution in [0, 0.1) is 6.92 Å². The lowest BCUT2D eigenvalue weighted by Crippen LogP contribution is -2.29. The average molecular weight is 491 g/mol. The molecule has 2 aromatic carbocycles. The van der Waals surface area contributed by atoms with Gasteiger partial charge in [0.2, 0.25) is 0 Å². The van der Waals surface area contributed by atoms with E-state index in [2.05, 4.69) is 4.98 Å². The second-order valence-electron chi connectivity index (χ2n) is 8.71. The SMILES string of the molecule is COC(=O)C[C@@H](c1ccc(OC)c(CO)c1)c1c(O)cc(C)n(CCc2c[nH]c3ccccc23)c1=O. The number of nitrogens with one attached hydrogen (secondary N) is 1. The van der Waals surface area contributed by atoms with E-state index in [0.29, 0.717) is 35.5 Å². The number of aliphatic hydroxyl groups excluding tert-OH is 1. The fourth-order valence-electron chi connectivity index (χ4n) is 4.72. The van der Waals surface area contributed by atoms with Crippen molar-refractivity contribution in [3.8, 4) is 11.5 Å². The molecule has 0 saturated carbocycles. The Hall–Kier alpha value is -4.04. The van der Waals surface area contributed by atoms with E-state index in [1.165, 1.54) is 14.2 Å². The largest absolute Gasteiger partial charge is 0.507 e. The summed E-state index contributed by atoms with van der Waals surface area (Å²) in [7, 11) is 2.78. The van der Waals surface area contributed by atoms with E-state index < -0.39 is 11.9 Å². The van der Waals surface area contributed by atoms with Crippen molar-refractivity contribution in [3.05, 3.63) is 93.0 Å². The standard InChI is InChI=1S/C28H30N2O6/c1-17-12-24(32)27(22(14-26(33)36-3)18-8-9-25(35-2)20(13-18)16-31)28(34)30(17)11-10-19-15-29-23-7-5-4-6-21(19)23/h4-9,12-13,15,22,29,31-32H,10-11,14,16H2,1-3H3/t22-/m0/s1. The molecule has 0 fully saturated rings. The molecule has 2 heterocycles. The number of aliphatic hydroxyl groups is 1. The number of fused-ring (bicyclic) bond motifs is 1. The van der Waals surface area contributed by atoms with Gasteiger partial charge in [-0.1, -0.05) is 24.3 Å². The van der Waals surface area contributed by atoms with Crippen LogP contribution < -0.4 is 10.3 Å². The number of aromatic amines is 1. The lowest BCUT2D eigenvalue weighted by atomic mass is 9.87. The number of H-pyrrole nitrogens is 1. The van der Waals surface area contributed by atoms with E-state index in [-0.39, 0.29) is 29.9 Å². The second kappa shape index (κ2) is 10.7. The molecule has 0 aliphatic rings. The maximum Gasteiger partial charge on any atom is 0.306 e. The molecule has 1 atom stereocenters. The number of rotatable bonds is 9. The molecule has 188 valence electrons. The Bertz CT molecular complexity index is 1450. The molecule has 3 N–H and O–H groups in total. The number of hydrogen-bond acceptors (Lipinski definition) is 6. The maximum atomic E-state index is 13.8. The number of carbonyl (C=O) groups is 1. The lowest BCUT2D eigenvalue weighted by molar-refractivity contribution is -0.140. The number of ether oxygens (including phenoxy) is 2. The van der Waals surface area contributed by atoms with Gasteiger partial charge >= 0.3 is 5.97 Å². The lowest BCUT2D eigenvalue weighted by Gasteiger charge is -2.21. The third-order valence-electron chi connectivity index (χ3n) is 6.63. The van der Waals surface area contributed by atoms with Crippen LogP contribution in [0.1, 0.15) is 40.3 Å². The van der Waals surface area contributed by atoms with Gasteiger partial charge in [-0.25, -0.2) is 0 Å². The summed E-state index contributed by atoms with van der Waals surface area (Å²) in [5, 5.41) is 21.8. The molecule has 0 unspecified atom stereocenters. The predicted octanol–water partition coefficient (Wildman–Crippen LogP) is 3.78. The van der Waals surface area contributed by atoms with Crippen molar-refractivity contribution in [1.29, 1.82) is 0 Å². The first-order valence-corrected chi connectivity index (χ1v) is 11.7. The van der Waals surface area contributed by atoms with Gasteiger partial charge in [-0.3, -0.25) is 9.59 Å². The summed E-state index contributed by atoms with van der Waals surface area (Å²) in [4.78, 5) is 29.4. The van der Waals surface area contributed by atoms with E-state index in [1.54, 1.807) is 35.8 Å². The second-order valence-corrected chi connectivity index (χ2v) is 8.71. The minimum atomic E-state index is -0.777. The molecule has 2 aromatic heterocycles. The Kier molecular flexibility index (Phi) is 7.45. The van der Waals surface area contributed by atoms with Crippen LogP contribution >= 0.6 is 0 Å². The number of benzene rings is 2. The summed E-state index contributed by atoms with van der Waals surface area (Å²) >= 11 is 0. The summed E-state index contributed by atoms with van der Waals surface area (Å²) < 4.78 is 11.8. The minimum Gasteiger partial charge on any atom is -0.507 e. The summed E-state index contributed by atoms with van der Waals surface area (Å²) in [5.41, 5.74) is 3.56. The zero-order valence-corrected chi connectivity index (χ0v) is 20.6. The normalized spacial score (nSPS) is 12.0. The predicted molar refractivity (Wildman–Crippen MR) is 136 cm³/mol. The van der Waals surface area contributed by atoms with Crippen molar-refractivity contribution in [1.82, 2.24) is 9.55 Å². The van der Waals surface area contributed by atoms with E-state index in [0.717, 1.165) is 16.5 Å². The van der Waals surface area contributed by atoms with Crippen molar-refractivity contribution in [2.75, 3.05) is 14.2 Å². The highest BCUT2D eigenvalue weighted by Gasteiger charge is 2.27. The Labute approximate surface area is 208 Å². The average Bonchev–Trinajstić information content (AvgIpc) is 3.30. The highest BCUT2D eigenvalue weighted by Crippen LogP contribution is 2.35. The monoisotopic (exact) mass is 490 g/mol. The van der Waals surface area contributed by atoms with Gasteiger partial charge in [-0.2, -0.15) is 0 Å². The third-order valence-corrected chi connectivity index (χ3v) is 6.63. The van der Waals surface area contributed by atoms with Gasteiger partial charge in [0.05, 0.1) is 32.8 Å². The zero-order chi connectivity index (χ0) is 25.8. The molecule has 8 nitrogen and oxygen atoms in total. The third kappa shape index (κ3) is 4.85. The molecular weight excluding hydrogens is 460 g/mol. The van der Waals surface area contributed by atoms with Gasteiger partial charge < -0.3 is 29.2 Å². The number of aryl methyl sites for hydroxylation is 2. The van der Waals surface area contributed by atoms with Crippen LogP contribution in [0.25, 0.3) is 10.9 Å². The number of nitrogens with zero attached hydrogens (tertiary/aromatic N) is 1. The number of para-hydroxylation sites is 1. The molecule has 36 heavy (non-hydrogen) atoms. The maximum absolute atomic E-state index is 13.8. The molecule has 0 aliphatic heterocycles. The number of methoxy groups -OCH3 is 2. The Morgan fingerprint density at radius 1 is 1.11 bits per heavy atom. The van der Waals surface area contributed by atoms with E-state index in [4.69, 9.17) is 9.47 Å². The highest BCUT2D eigenvalue weighted by atomic mass is 16.5. The smallest absolute Gasteiger partial charge is 0.306 e. The molecule has 0 bridgehead atoms. The van der Waals surface area contributed by atoms with Crippen LogP contribution in [0.3, 0.4) is 0 Å². The van der Waals surface area contributed by atoms with Crippen LogP contribution in [0.4, 0.5) is 0 Å². The molecule has 0 aliphatic carbocycles. The first-order chi connectivity index (χ1) is 17.4. The Balaban J connectivity index is 1.77. The number of aromatic hydroxyl groups is 1. The summed E-state index contributed by atoms with van der Waals surface area (Å²) in [5.74, 6) is -0.995. The van der Waals surface area contributed by atoms with E-state index >= 15 is 0 Å². The molecule has 0 amide bonds. The van der Waals surface area contributed by atoms with Gasteiger partial charge in [0.1, 0.15) is 11.5 Å². The Morgan fingerprint density at radius 2 is 1.89 bits per heavy atom. The van der Waals surface area contributed by atoms with Gasteiger partial charge in [0.25, 0.3) is 5.56 Å². The first-order valence-electron chi connectivity index (χ1n) is 11.7. The van der Waals surface area contributed by atoms with E-state index in [9.17, 15) is 19.8 Å². The molecule has 0 radical (unpaired) electrons. The summed E-state index contributed by atoms with van der Waals surface area (Å²) in [6, 6.07) is 14.6. The fraction of sp³-hybridized carbons (Fsp3) is 0.286. The number of aromatic nitrogens is 2. The molecule has 4 aromatic rings. The number of esters is 1. The first kappa shape index (κ1) is 25.1. The van der Waals surface area contributed by atoms with Crippen LogP contribution in [0.5, 0.6) is 11.5 Å². The molecule has 0 saturated heterocycles. The van der Waals surface area contributed by atoms with Crippen LogP contribution in [-0.2, 0) is 29.1 Å². The Morgan fingerprint density at radius 3 is 2.61 bits per heavy atom. The van der Waals surface area contributed by atoms with Crippen LogP contribution in [0.15, 0.2) is 59.5 Å². The number of carbonyl (C=O) groups excluding carboxylic acids is 1. The van der Waals surface area contributed by atoms with Gasteiger partial charge in [-0.15, -0.1) is 0 Å². The molecule has 0 spiro atoms. The summed E-state index contributed by atoms with van der Waals surface area (Å²) in [6.45, 7) is 1.89. The van der Waals surface area contributed by atoms with Gasteiger partial charge in [0, 0.05) is 40.8 Å². The quantitative estimate of drug-likeness (QED) is 0.308. The summed E-state index contributed by atoms with van der Waals surface area (Å²) in [6.07, 6.45) is 2.40. The van der Waals surface area contributed by atoms with Crippen molar-refractivity contribution in [2.45, 2.75) is 38.8 Å². The van der Waals surface area contributed by atoms with Crippen molar-refractivity contribution >= 4 is 16.9 Å². The molecular formula is C28H30N2O6. The van der Waals surface area contributed by atoms with Crippen LogP contribution in [-0.4, -0.2) is 40.0 Å². The van der Waals surface area contributed by atoms with Crippen molar-refractivity contribution in [3.63, 3.8) is 0 Å². The highest BCUT2D eigenvalue weighted by molar-refractivity contribution is 5.83. The fourth-order valence-corrected chi connectivity index (χ4v) is 4.72. The molecule has 8 heteroatoms. The van der Waals surface area contributed by atoms with Gasteiger partial charge in [0.15, 0.2) is 0 Å². The van der Waals surface area contributed by atoms with Crippen molar-refractivity contribution < 1.29 is 24.5 Å². The number of pyridine rings is 1. The topological polar surface area (TPSA) is 114 Å². The van der Waals surface area contributed by atoms with Gasteiger partial charge in [-0.05, 0) is 48.7 Å². The minimum absolute atomic E-state index is 0.110. The molecule has 4 rings (SSSR count). The van der Waals surface area contributed by atoms with Crippen molar-refractivity contribution in [2.24, 2.45) is 0 Å².